The van der Waals surface area contributed by atoms with Crippen molar-refractivity contribution in [3.63, 3.8) is 0 Å². The zero-order valence-corrected chi connectivity index (χ0v) is 7.61. The van der Waals surface area contributed by atoms with Crippen molar-refractivity contribution in [2.75, 3.05) is 19.7 Å². The molecule has 2 aliphatic heterocycles. The van der Waals surface area contributed by atoms with Gasteiger partial charge >= 0.3 is 0 Å². The van der Waals surface area contributed by atoms with Crippen LogP contribution in [0.4, 0.5) is 0 Å². The Balaban J connectivity index is 1.89. The van der Waals surface area contributed by atoms with Gasteiger partial charge in [-0.05, 0) is 19.3 Å². The van der Waals surface area contributed by atoms with Crippen LogP contribution in [0.1, 0.15) is 19.3 Å². The van der Waals surface area contributed by atoms with Gasteiger partial charge in [0.05, 0.1) is 6.10 Å². The number of rotatable bonds is 1. The number of β-amino-alcohol motifs (C(OH)–C–C–N with tert-alkyl or cyclic N) is 1. The van der Waals surface area contributed by atoms with Gasteiger partial charge in [0.25, 0.3) is 5.91 Å². The molecule has 2 fully saturated rings. The van der Waals surface area contributed by atoms with Gasteiger partial charge in [-0.3, -0.25) is 4.79 Å². The normalized spacial score (nSPS) is 34.1. The van der Waals surface area contributed by atoms with Gasteiger partial charge in [0.2, 0.25) is 0 Å². The molecule has 1 N–H and O–H groups in total. The molecule has 74 valence electrons. The summed E-state index contributed by atoms with van der Waals surface area (Å²) in [6.07, 6.45) is 1.96. The summed E-state index contributed by atoms with van der Waals surface area (Å²) in [5, 5.41) is 9.26. The predicted molar refractivity (Wildman–Crippen MR) is 46.2 cm³/mol. The predicted octanol–water partition coefficient (Wildman–Crippen LogP) is -0.241. The molecule has 2 aliphatic rings. The second-order valence-electron chi connectivity index (χ2n) is 3.73. The van der Waals surface area contributed by atoms with Crippen LogP contribution < -0.4 is 0 Å². The molecule has 2 atom stereocenters. The number of amides is 1. The van der Waals surface area contributed by atoms with Gasteiger partial charge in [0.15, 0.2) is 0 Å². The zero-order chi connectivity index (χ0) is 9.26. The van der Waals surface area contributed by atoms with Gasteiger partial charge in [0.1, 0.15) is 6.10 Å². The second-order valence-corrected chi connectivity index (χ2v) is 3.73. The Morgan fingerprint density at radius 3 is 2.85 bits per heavy atom. The number of likely N-dealkylation sites (tertiary alicyclic amines) is 1. The third-order valence-corrected chi connectivity index (χ3v) is 2.68. The summed E-state index contributed by atoms with van der Waals surface area (Å²) >= 11 is 0. The molecule has 0 aromatic rings. The molecule has 2 rings (SSSR count). The molecule has 2 heterocycles. The van der Waals surface area contributed by atoms with E-state index in [-0.39, 0.29) is 18.1 Å². The van der Waals surface area contributed by atoms with Crippen molar-refractivity contribution in [2.45, 2.75) is 31.5 Å². The van der Waals surface area contributed by atoms with E-state index < -0.39 is 0 Å². The highest BCUT2D eigenvalue weighted by Gasteiger charge is 2.32. The second kappa shape index (κ2) is 3.64. The Morgan fingerprint density at radius 2 is 2.31 bits per heavy atom. The van der Waals surface area contributed by atoms with E-state index in [1.807, 2.05) is 0 Å². The highest BCUT2D eigenvalue weighted by Crippen LogP contribution is 2.18. The molecule has 0 aromatic heterocycles. The molecule has 0 aliphatic carbocycles. The average molecular weight is 185 g/mol. The molecule has 0 radical (unpaired) electrons. The average Bonchev–Trinajstić information content (AvgIpc) is 2.72. The first-order valence-electron chi connectivity index (χ1n) is 4.86. The summed E-state index contributed by atoms with van der Waals surface area (Å²) < 4.78 is 5.29. The fourth-order valence-electron chi connectivity index (χ4n) is 1.92. The topological polar surface area (TPSA) is 49.8 Å². The first kappa shape index (κ1) is 8.97. The summed E-state index contributed by atoms with van der Waals surface area (Å²) in [7, 11) is 0. The molecule has 13 heavy (non-hydrogen) atoms. The lowest BCUT2D eigenvalue weighted by Gasteiger charge is -2.19. The number of hydrogen-bond donors (Lipinski definition) is 1. The van der Waals surface area contributed by atoms with Crippen LogP contribution in [0.5, 0.6) is 0 Å². The maximum absolute atomic E-state index is 11.7. The van der Waals surface area contributed by atoms with Gasteiger partial charge in [-0.15, -0.1) is 0 Å². The van der Waals surface area contributed by atoms with Crippen molar-refractivity contribution < 1.29 is 14.6 Å². The SMILES string of the molecule is O=C(C1CCCO1)N1CCC(O)C1. The van der Waals surface area contributed by atoms with Crippen LogP contribution in [0, 0.1) is 0 Å². The molecule has 0 bridgehead atoms. The van der Waals surface area contributed by atoms with Crippen molar-refractivity contribution in [3.05, 3.63) is 0 Å². The lowest BCUT2D eigenvalue weighted by Crippen LogP contribution is -2.37. The van der Waals surface area contributed by atoms with E-state index in [0.29, 0.717) is 26.1 Å². The molecule has 0 saturated carbocycles. The molecular formula is C9H15NO3. The van der Waals surface area contributed by atoms with E-state index >= 15 is 0 Å². The molecule has 2 unspecified atom stereocenters. The fourth-order valence-corrected chi connectivity index (χ4v) is 1.92. The van der Waals surface area contributed by atoms with Crippen molar-refractivity contribution >= 4 is 5.91 Å². The highest BCUT2D eigenvalue weighted by molar-refractivity contribution is 5.81. The Bertz CT molecular complexity index is 201. The summed E-state index contributed by atoms with van der Waals surface area (Å²) in [6, 6.07) is 0. The first-order valence-corrected chi connectivity index (χ1v) is 4.86. The Kier molecular flexibility index (Phi) is 2.51. The largest absolute Gasteiger partial charge is 0.391 e. The van der Waals surface area contributed by atoms with Gasteiger partial charge in [0, 0.05) is 19.7 Å². The van der Waals surface area contributed by atoms with Gasteiger partial charge in [-0.1, -0.05) is 0 Å². The third kappa shape index (κ3) is 1.84. The van der Waals surface area contributed by atoms with E-state index in [0.717, 1.165) is 12.8 Å². The summed E-state index contributed by atoms with van der Waals surface area (Å²) in [5.74, 6) is 0.0639. The van der Waals surface area contributed by atoms with Gasteiger partial charge in [-0.25, -0.2) is 0 Å². The number of ether oxygens (including phenoxy) is 1. The van der Waals surface area contributed by atoms with Crippen molar-refractivity contribution in [3.8, 4) is 0 Å². The number of carbonyl (C=O) groups excluding carboxylic acids is 1. The monoisotopic (exact) mass is 185 g/mol. The maximum Gasteiger partial charge on any atom is 0.251 e. The van der Waals surface area contributed by atoms with Crippen LogP contribution in [-0.4, -0.2) is 47.8 Å². The van der Waals surface area contributed by atoms with E-state index in [9.17, 15) is 9.90 Å². The van der Waals surface area contributed by atoms with E-state index in [1.165, 1.54) is 0 Å². The first-order chi connectivity index (χ1) is 6.27. The molecule has 2 saturated heterocycles. The van der Waals surface area contributed by atoms with Crippen LogP contribution in [-0.2, 0) is 9.53 Å². The number of carbonyl (C=O) groups is 1. The molecule has 4 nitrogen and oxygen atoms in total. The fraction of sp³-hybridized carbons (Fsp3) is 0.889. The van der Waals surface area contributed by atoms with Crippen LogP contribution in [0.3, 0.4) is 0 Å². The van der Waals surface area contributed by atoms with Gasteiger partial charge in [-0.2, -0.15) is 0 Å². The minimum absolute atomic E-state index is 0.0639. The zero-order valence-electron chi connectivity index (χ0n) is 7.61. The van der Waals surface area contributed by atoms with E-state index in [4.69, 9.17) is 4.74 Å². The minimum Gasteiger partial charge on any atom is -0.391 e. The maximum atomic E-state index is 11.7. The summed E-state index contributed by atoms with van der Waals surface area (Å²) in [4.78, 5) is 13.4. The van der Waals surface area contributed by atoms with Gasteiger partial charge < -0.3 is 14.7 Å². The Hall–Kier alpha value is -0.610. The molecule has 4 heteroatoms. The summed E-state index contributed by atoms with van der Waals surface area (Å²) in [5.41, 5.74) is 0. The lowest BCUT2D eigenvalue weighted by atomic mass is 10.2. The van der Waals surface area contributed by atoms with Crippen molar-refractivity contribution in [2.24, 2.45) is 0 Å². The van der Waals surface area contributed by atoms with Crippen LogP contribution in [0.15, 0.2) is 0 Å². The van der Waals surface area contributed by atoms with Crippen LogP contribution >= 0.6 is 0 Å². The molecule has 0 aromatic carbocycles. The lowest BCUT2D eigenvalue weighted by molar-refractivity contribution is -0.140. The number of hydrogen-bond acceptors (Lipinski definition) is 3. The molecule has 0 spiro atoms. The van der Waals surface area contributed by atoms with Crippen LogP contribution in [0.2, 0.25) is 0 Å². The third-order valence-electron chi connectivity index (χ3n) is 2.68. The quantitative estimate of drug-likeness (QED) is 0.613. The van der Waals surface area contributed by atoms with Crippen molar-refractivity contribution in [1.82, 2.24) is 4.90 Å². The highest BCUT2D eigenvalue weighted by atomic mass is 16.5. The Morgan fingerprint density at radius 1 is 1.46 bits per heavy atom. The molecular weight excluding hydrogens is 170 g/mol. The number of nitrogens with zero attached hydrogens (tertiary/aromatic N) is 1. The van der Waals surface area contributed by atoms with E-state index in [1.54, 1.807) is 4.90 Å². The number of aliphatic hydroxyl groups excluding tert-OH is 1. The standard InChI is InChI=1S/C9H15NO3/c11-7-3-4-10(6-7)9(12)8-2-1-5-13-8/h7-8,11H,1-6H2. The van der Waals surface area contributed by atoms with E-state index in [2.05, 4.69) is 0 Å². The van der Waals surface area contributed by atoms with Crippen molar-refractivity contribution in [1.29, 1.82) is 0 Å². The smallest absolute Gasteiger partial charge is 0.251 e. The minimum atomic E-state index is -0.328. The van der Waals surface area contributed by atoms with Crippen LogP contribution in [0.25, 0.3) is 0 Å². The number of aliphatic hydroxyl groups is 1. The molecule has 1 amide bonds. The summed E-state index contributed by atoms with van der Waals surface area (Å²) in [6.45, 7) is 1.87. The Labute approximate surface area is 77.5 Å².